The van der Waals surface area contributed by atoms with Crippen molar-refractivity contribution in [1.82, 2.24) is 0 Å². The maximum Gasteiger partial charge on any atom is -0.0000928 e. The fraction of sp³-hybridized carbons (Fsp3) is 0.140. The summed E-state index contributed by atoms with van der Waals surface area (Å²) in [5.74, 6) is 1.48. The first-order valence-corrected chi connectivity index (χ1v) is 31.4. The van der Waals surface area contributed by atoms with Crippen molar-refractivity contribution < 1.29 is 0 Å². The van der Waals surface area contributed by atoms with Crippen molar-refractivity contribution in [2.75, 3.05) is 0 Å². The van der Waals surface area contributed by atoms with Crippen LogP contribution in [0.5, 0.6) is 0 Å². The number of fused-ring (bicyclic) bond motifs is 11. The molecule has 18 rings (SSSR count). The summed E-state index contributed by atoms with van der Waals surface area (Å²) in [7, 11) is 0. The summed E-state index contributed by atoms with van der Waals surface area (Å²) in [5, 5.41) is 35.0. The molecular formula is C86H64. The van der Waals surface area contributed by atoms with Crippen molar-refractivity contribution in [3.63, 3.8) is 0 Å². The van der Waals surface area contributed by atoms with E-state index in [1.807, 2.05) is 0 Å². The van der Waals surface area contributed by atoms with Crippen LogP contribution >= 0.6 is 0 Å². The SMILES string of the molecule is CC(C)c1cc2ccc(C(C)C)c3c4ccc5c6c(-c7ccccc7)c7c(-c8ccccc8)c8c9ccc%10c%11c(C(C)C)ccc%12cc(C(C)C)cc(c%13ccc(c8c(-c8ccccc8)c7c(-c7ccccc7)c6c6ccc(c(c1)c23)c4c65)c9c%13%10)c%12%11. The first kappa shape index (κ1) is 49.8. The van der Waals surface area contributed by atoms with Gasteiger partial charge in [-0.3, -0.25) is 0 Å². The summed E-state index contributed by atoms with van der Waals surface area (Å²) in [4.78, 5) is 0. The van der Waals surface area contributed by atoms with Crippen molar-refractivity contribution >= 4 is 140 Å². The predicted octanol–water partition coefficient (Wildman–Crippen LogP) is 25.6. The van der Waals surface area contributed by atoms with Gasteiger partial charge in [-0.25, -0.2) is 0 Å². The maximum absolute atomic E-state index is 2.53. The molecule has 18 aromatic rings. The van der Waals surface area contributed by atoms with Crippen LogP contribution in [0.3, 0.4) is 0 Å². The largest absolute Gasteiger partial charge is 0.0622 e. The molecule has 0 aliphatic heterocycles. The molecule has 0 nitrogen and oxygen atoms in total. The molecule has 0 heterocycles. The number of benzene rings is 16. The van der Waals surface area contributed by atoms with Crippen LogP contribution in [0.1, 0.15) is 101 Å². The van der Waals surface area contributed by atoms with E-state index >= 15 is 0 Å². The summed E-state index contributed by atoms with van der Waals surface area (Å²) in [6.45, 7) is 18.9. The second-order valence-corrected chi connectivity index (χ2v) is 26.4. The lowest BCUT2D eigenvalue weighted by atomic mass is 9.78. The third kappa shape index (κ3) is 6.49. The number of rotatable bonds is 8. The van der Waals surface area contributed by atoms with E-state index < -0.39 is 0 Å². The normalized spacial score (nSPS) is 12.8. The Bertz CT molecular complexity index is 5300. The lowest BCUT2D eigenvalue weighted by Crippen LogP contribution is -1.96. The molecule has 0 heteroatoms. The molecule has 0 bridgehead atoms. The summed E-state index contributed by atoms with van der Waals surface area (Å²) in [6, 6.07) is 85.7. The second-order valence-electron chi connectivity index (χ2n) is 26.4. The van der Waals surface area contributed by atoms with E-state index in [4.69, 9.17) is 0 Å². The third-order valence-electron chi connectivity index (χ3n) is 20.4. The minimum absolute atomic E-state index is 0.348. The summed E-state index contributed by atoms with van der Waals surface area (Å²) >= 11 is 0. The van der Waals surface area contributed by atoms with Crippen LogP contribution in [0.4, 0.5) is 0 Å². The lowest BCUT2D eigenvalue weighted by Gasteiger charge is -2.24. The van der Waals surface area contributed by atoms with Gasteiger partial charge in [0.1, 0.15) is 0 Å². The van der Waals surface area contributed by atoms with E-state index in [1.54, 1.807) is 0 Å². The average Bonchev–Trinajstić information content (AvgIpc) is 1.47. The van der Waals surface area contributed by atoms with Gasteiger partial charge in [0.05, 0.1) is 0 Å². The molecule has 0 atom stereocenters. The fourth-order valence-corrected chi connectivity index (χ4v) is 16.7. The predicted molar refractivity (Wildman–Crippen MR) is 377 cm³/mol. The van der Waals surface area contributed by atoms with Gasteiger partial charge in [-0.05, 0) is 230 Å². The molecule has 86 heavy (non-hydrogen) atoms. The Labute approximate surface area is 501 Å². The highest BCUT2D eigenvalue weighted by Gasteiger charge is 2.33. The Kier molecular flexibility index (Phi) is 10.4. The summed E-state index contributed by atoms with van der Waals surface area (Å²) < 4.78 is 0. The molecule has 0 aromatic heterocycles. The van der Waals surface area contributed by atoms with Gasteiger partial charge < -0.3 is 0 Å². The zero-order valence-corrected chi connectivity index (χ0v) is 50.1. The molecule has 0 aliphatic carbocycles. The topological polar surface area (TPSA) is 0 Å². The van der Waals surface area contributed by atoms with Gasteiger partial charge in [-0.15, -0.1) is 0 Å². The van der Waals surface area contributed by atoms with E-state index in [-0.39, 0.29) is 0 Å². The van der Waals surface area contributed by atoms with Crippen molar-refractivity contribution in [1.29, 1.82) is 0 Å². The van der Waals surface area contributed by atoms with E-state index in [2.05, 4.69) is 274 Å². The Morgan fingerprint density at radius 1 is 0.186 bits per heavy atom. The van der Waals surface area contributed by atoms with E-state index in [1.165, 1.54) is 207 Å². The monoisotopic (exact) mass is 1100 g/mol. The Morgan fingerprint density at radius 2 is 0.453 bits per heavy atom. The molecule has 0 N–H and O–H groups in total. The minimum Gasteiger partial charge on any atom is -0.0622 e. The van der Waals surface area contributed by atoms with Gasteiger partial charge in [0.2, 0.25) is 0 Å². The van der Waals surface area contributed by atoms with E-state index in [9.17, 15) is 0 Å². The number of hydrogen-bond donors (Lipinski definition) is 0. The van der Waals surface area contributed by atoms with Crippen LogP contribution in [-0.4, -0.2) is 0 Å². The van der Waals surface area contributed by atoms with Crippen LogP contribution in [0, 0.1) is 0 Å². The zero-order valence-electron chi connectivity index (χ0n) is 50.1. The zero-order chi connectivity index (χ0) is 57.7. The van der Waals surface area contributed by atoms with Crippen LogP contribution in [-0.2, 0) is 0 Å². The molecule has 408 valence electrons. The molecule has 18 aromatic carbocycles. The lowest BCUT2D eigenvalue weighted by molar-refractivity contribution is 0.869. The summed E-state index contributed by atoms with van der Waals surface area (Å²) in [6.07, 6.45) is 0. The average molecular weight is 1100 g/mol. The number of hydrogen-bond acceptors (Lipinski definition) is 0. The third-order valence-corrected chi connectivity index (χ3v) is 20.4. The summed E-state index contributed by atoms with van der Waals surface area (Å²) in [5.41, 5.74) is 15.6. The molecule has 0 spiro atoms. The molecule has 0 radical (unpaired) electrons. The van der Waals surface area contributed by atoms with Gasteiger partial charge in [0.15, 0.2) is 0 Å². The minimum atomic E-state index is 0.348. The highest BCUT2D eigenvalue weighted by molar-refractivity contribution is 6.51. The van der Waals surface area contributed by atoms with Gasteiger partial charge in [-0.1, -0.05) is 274 Å². The maximum atomic E-state index is 2.53. The highest BCUT2D eigenvalue weighted by Crippen LogP contribution is 2.62. The fourth-order valence-electron chi connectivity index (χ4n) is 16.7. The van der Waals surface area contributed by atoms with Crippen LogP contribution < -0.4 is 0 Å². The highest BCUT2D eigenvalue weighted by atomic mass is 14.4. The van der Waals surface area contributed by atoms with Gasteiger partial charge >= 0.3 is 0 Å². The van der Waals surface area contributed by atoms with Gasteiger partial charge in [0.25, 0.3) is 0 Å². The molecular weight excluding hydrogens is 1030 g/mol. The van der Waals surface area contributed by atoms with Gasteiger partial charge in [-0.2, -0.15) is 0 Å². The van der Waals surface area contributed by atoms with E-state index in [0.717, 1.165) is 0 Å². The van der Waals surface area contributed by atoms with Crippen LogP contribution in [0.2, 0.25) is 0 Å². The molecule has 0 unspecified atom stereocenters. The quantitative estimate of drug-likeness (QED) is 0.105. The van der Waals surface area contributed by atoms with Crippen LogP contribution in [0.15, 0.2) is 218 Å². The Morgan fingerprint density at radius 3 is 0.733 bits per heavy atom. The molecule has 0 amide bonds. The standard InChI is InChI=1S/C86H64/c1-45(2)55-41-53-29-31-57(47(5)6)75-61-37-39-65-79-63(35-33-59(77(61)79)67(43-55)69(53)75)81-71(49-21-13-9-14-22-49)85-72(50-23-15-10-16-24-50)82-64-36-34-60-68-44-56(46(3)4)42-54-30-32-58(48(7)8)76(70(54)68)62-38-40-66(80(64)78(60)62)84(82)74(52-27-19-12-20-28-52)86(85)73(83(65)81)51-25-17-11-18-26-51/h9-48H,1-8H3. The molecule has 0 saturated carbocycles. The smallest absolute Gasteiger partial charge is 0.0000928 e. The van der Waals surface area contributed by atoms with Crippen molar-refractivity contribution in [2.24, 2.45) is 0 Å². The molecule has 0 saturated heterocycles. The molecule has 0 aliphatic rings. The first-order chi connectivity index (χ1) is 42.0. The first-order valence-electron chi connectivity index (χ1n) is 31.4. The molecule has 0 fully saturated rings. The van der Waals surface area contributed by atoms with Crippen molar-refractivity contribution in [2.45, 2.75) is 79.1 Å². The van der Waals surface area contributed by atoms with E-state index in [0.29, 0.717) is 23.7 Å². The van der Waals surface area contributed by atoms with Crippen LogP contribution in [0.25, 0.3) is 185 Å². The van der Waals surface area contributed by atoms with Crippen molar-refractivity contribution in [3.05, 3.63) is 241 Å². The van der Waals surface area contributed by atoms with Crippen molar-refractivity contribution in [3.8, 4) is 44.5 Å². The second kappa shape index (κ2) is 18.0. The Balaban J connectivity index is 1.15. The van der Waals surface area contributed by atoms with Gasteiger partial charge in [0, 0.05) is 0 Å². The Hall–Kier alpha value is -9.62.